The first-order valence-corrected chi connectivity index (χ1v) is 37.1. The van der Waals surface area contributed by atoms with Crippen LogP contribution in [0.4, 0.5) is 0 Å². The second kappa shape index (κ2) is 64.9. The second-order valence-electron chi connectivity index (χ2n) is 26.4. The number of carbonyl (C=O) groups is 4. The smallest absolute Gasteiger partial charge is 0.303 e. The number of amides is 2. The van der Waals surface area contributed by atoms with Crippen LogP contribution >= 0.6 is 0 Å². The Kier molecular flexibility index (Phi) is 63.2. The van der Waals surface area contributed by atoms with E-state index < -0.39 is 11.9 Å². The van der Waals surface area contributed by atoms with Crippen LogP contribution in [0.25, 0.3) is 0 Å². The fourth-order valence-corrected chi connectivity index (χ4v) is 13.4. The minimum atomic E-state index is -0.661. The van der Waals surface area contributed by atoms with Gasteiger partial charge in [0.1, 0.15) is 0 Å². The Morgan fingerprint density at radius 3 is 0.573 bits per heavy atom. The van der Waals surface area contributed by atoms with Crippen molar-refractivity contribution in [3.8, 4) is 0 Å². The van der Waals surface area contributed by atoms with Crippen molar-refractivity contribution < 1.29 is 29.4 Å². The summed E-state index contributed by atoms with van der Waals surface area (Å²) in [4.78, 5) is 47.1. The lowest BCUT2D eigenvalue weighted by molar-refractivity contribution is -0.138. The van der Waals surface area contributed by atoms with Gasteiger partial charge in [-0.05, 0) is 49.4 Å². The SMILES string of the molecule is CCCCCCCCC(CCCCCCCCC(=O)O)C(CCCCCCCC)CCCCCCCCC(=O)NCCNC(=O)CCCCCCCCC(CCCCCCCC)C(CCCCCCCC)CCCCCCCCC(=O)O. The van der Waals surface area contributed by atoms with E-state index in [-0.39, 0.29) is 11.8 Å². The van der Waals surface area contributed by atoms with Gasteiger partial charge in [-0.25, -0.2) is 0 Å². The molecule has 0 saturated heterocycles. The third kappa shape index (κ3) is 58.3. The van der Waals surface area contributed by atoms with Gasteiger partial charge in [-0.15, -0.1) is 0 Å². The molecule has 0 aromatic rings. The molecule has 0 aliphatic rings. The lowest BCUT2D eigenvalue weighted by Gasteiger charge is -2.28. The maximum atomic E-state index is 12.6. The lowest BCUT2D eigenvalue weighted by atomic mass is 9.78. The van der Waals surface area contributed by atoms with Crippen molar-refractivity contribution in [3.05, 3.63) is 0 Å². The van der Waals surface area contributed by atoms with Crippen LogP contribution in [0.2, 0.25) is 0 Å². The van der Waals surface area contributed by atoms with E-state index in [0.29, 0.717) is 38.8 Å². The molecule has 0 aliphatic carbocycles. The highest BCUT2D eigenvalue weighted by molar-refractivity contribution is 5.77. The number of nitrogens with one attached hydrogen (secondary N) is 2. The molecule has 0 rings (SSSR count). The van der Waals surface area contributed by atoms with E-state index in [9.17, 15) is 19.2 Å². The molecule has 486 valence electrons. The summed E-state index contributed by atoms with van der Waals surface area (Å²) in [6, 6.07) is 0. The average molecular weight is 1160 g/mol. The van der Waals surface area contributed by atoms with Crippen LogP contribution in [0.3, 0.4) is 0 Å². The number of hydrogen-bond acceptors (Lipinski definition) is 4. The van der Waals surface area contributed by atoms with Crippen LogP contribution in [0.15, 0.2) is 0 Å². The maximum Gasteiger partial charge on any atom is 0.303 e. The summed E-state index contributed by atoms with van der Waals surface area (Å²) in [6.07, 6.45) is 74.2. The summed E-state index contributed by atoms with van der Waals surface area (Å²) in [7, 11) is 0. The quantitative estimate of drug-likeness (QED) is 0.0449. The second-order valence-corrected chi connectivity index (χ2v) is 26.4. The Bertz CT molecular complexity index is 1260. The van der Waals surface area contributed by atoms with Gasteiger partial charge < -0.3 is 20.8 Å². The molecule has 0 aromatic heterocycles. The van der Waals surface area contributed by atoms with E-state index in [1.807, 2.05) is 0 Å². The number of hydrogen-bond donors (Lipinski definition) is 4. The van der Waals surface area contributed by atoms with Crippen molar-refractivity contribution in [2.75, 3.05) is 13.1 Å². The standard InChI is InChI=1S/C74H144N2O6/c1-5-9-13-17-29-41-53-67(69(55-43-31-19-15-11-7-3)59-47-35-23-27-39-51-63-73(79)80)57-45-33-21-25-37-49-61-71(77)75-65-66-76-72(78)62-50-38-26-22-34-46-58-68(54-42-30-18-14-10-6-2)70(56-44-32-20-16-12-8-4)60-48-36-24-28-40-52-64-74(81)82/h67-70H,5-66H2,1-4H3,(H,75,77)(H,76,78)(H,79,80)(H,81,82). The molecule has 0 aromatic carbocycles. The summed E-state index contributed by atoms with van der Waals surface area (Å²) >= 11 is 0. The molecular weight excluding hydrogens is 1010 g/mol. The summed E-state index contributed by atoms with van der Waals surface area (Å²) in [6.45, 7) is 10.3. The minimum Gasteiger partial charge on any atom is -0.481 e. The predicted molar refractivity (Wildman–Crippen MR) is 355 cm³/mol. The number of carboxylic acid groups (broad SMARTS) is 2. The van der Waals surface area contributed by atoms with Gasteiger partial charge in [0.2, 0.25) is 11.8 Å². The van der Waals surface area contributed by atoms with Crippen molar-refractivity contribution in [1.82, 2.24) is 10.6 Å². The van der Waals surface area contributed by atoms with Gasteiger partial charge in [0.15, 0.2) is 0 Å². The molecule has 0 bridgehead atoms. The molecule has 0 fully saturated rings. The molecule has 0 radical (unpaired) electrons. The average Bonchev–Trinajstić information content (AvgIpc) is 3.46. The third-order valence-electron chi connectivity index (χ3n) is 18.7. The molecule has 0 saturated carbocycles. The molecule has 0 heterocycles. The van der Waals surface area contributed by atoms with Crippen LogP contribution in [-0.4, -0.2) is 47.1 Å². The Morgan fingerprint density at radius 1 is 0.232 bits per heavy atom. The summed E-state index contributed by atoms with van der Waals surface area (Å²) in [5, 5.41) is 24.1. The largest absolute Gasteiger partial charge is 0.481 e. The fourth-order valence-electron chi connectivity index (χ4n) is 13.4. The zero-order valence-corrected chi connectivity index (χ0v) is 55.7. The monoisotopic (exact) mass is 1160 g/mol. The van der Waals surface area contributed by atoms with Gasteiger partial charge in [0.25, 0.3) is 0 Å². The molecule has 0 spiro atoms. The highest BCUT2D eigenvalue weighted by Gasteiger charge is 2.22. The summed E-state index contributed by atoms with van der Waals surface area (Å²) in [5.74, 6) is 2.34. The Labute approximate surface area is 511 Å². The number of unbranched alkanes of at least 4 members (excludes halogenated alkanes) is 40. The van der Waals surface area contributed by atoms with Gasteiger partial charge >= 0.3 is 11.9 Å². The summed E-state index contributed by atoms with van der Waals surface area (Å²) in [5.41, 5.74) is 0. The van der Waals surface area contributed by atoms with Gasteiger partial charge in [-0.3, -0.25) is 19.2 Å². The molecule has 4 atom stereocenters. The first-order valence-electron chi connectivity index (χ1n) is 37.1. The van der Waals surface area contributed by atoms with Crippen LogP contribution in [0.1, 0.15) is 413 Å². The predicted octanol–water partition coefficient (Wildman–Crippen LogP) is 23.3. The van der Waals surface area contributed by atoms with E-state index in [2.05, 4.69) is 38.3 Å². The maximum absolute atomic E-state index is 12.6. The molecule has 4 unspecified atom stereocenters. The van der Waals surface area contributed by atoms with Crippen LogP contribution in [0.5, 0.6) is 0 Å². The van der Waals surface area contributed by atoms with E-state index in [1.165, 1.54) is 308 Å². The molecule has 8 heteroatoms. The lowest BCUT2D eigenvalue weighted by Crippen LogP contribution is -2.34. The highest BCUT2D eigenvalue weighted by Crippen LogP contribution is 2.36. The summed E-state index contributed by atoms with van der Waals surface area (Å²) < 4.78 is 0. The molecule has 82 heavy (non-hydrogen) atoms. The number of aliphatic carboxylic acids is 2. The van der Waals surface area contributed by atoms with E-state index in [1.54, 1.807) is 0 Å². The van der Waals surface area contributed by atoms with Crippen molar-refractivity contribution in [2.45, 2.75) is 413 Å². The Balaban J connectivity index is 4.66. The van der Waals surface area contributed by atoms with E-state index >= 15 is 0 Å². The Morgan fingerprint density at radius 2 is 0.390 bits per heavy atom. The zero-order valence-electron chi connectivity index (χ0n) is 55.7. The first-order chi connectivity index (χ1) is 40.2. The number of carboxylic acids is 2. The normalized spacial score (nSPS) is 13.1. The molecule has 2 amide bonds. The van der Waals surface area contributed by atoms with Crippen molar-refractivity contribution in [3.63, 3.8) is 0 Å². The van der Waals surface area contributed by atoms with Gasteiger partial charge in [0.05, 0.1) is 0 Å². The van der Waals surface area contributed by atoms with Gasteiger partial charge in [0, 0.05) is 38.8 Å². The third-order valence-corrected chi connectivity index (χ3v) is 18.7. The van der Waals surface area contributed by atoms with E-state index in [0.717, 1.165) is 75.0 Å². The van der Waals surface area contributed by atoms with Crippen LogP contribution in [0, 0.1) is 23.7 Å². The van der Waals surface area contributed by atoms with Gasteiger partial charge in [-0.2, -0.15) is 0 Å². The van der Waals surface area contributed by atoms with Crippen molar-refractivity contribution in [1.29, 1.82) is 0 Å². The van der Waals surface area contributed by atoms with Gasteiger partial charge in [-0.1, -0.05) is 362 Å². The Hall–Kier alpha value is -2.12. The molecule has 0 aliphatic heterocycles. The minimum absolute atomic E-state index is 0.113. The zero-order chi connectivity index (χ0) is 59.9. The molecule has 4 N–H and O–H groups in total. The van der Waals surface area contributed by atoms with E-state index in [4.69, 9.17) is 10.2 Å². The number of rotatable bonds is 69. The highest BCUT2D eigenvalue weighted by atomic mass is 16.4. The topological polar surface area (TPSA) is 133 Å². The fraction of sp³-hybridized carbons (Fsp3) is 0.946. The number of carbonyl (C=O) groups excluding carboxylic acids is 2. The van der Waals surface area contributed by atoms with Crippen molar-refractivity contribution >= 4 is 23.8 Å². The van der Waals surface area contributed by atoms with Crippen LogP contribution in [-0.2, 0) is 19.2 Å². The van der Waals surface area contributed by atoms with Crippen LogP contribution < -0.4 is 10.6 Å². The molecule has 8 nitrogen and oxygen atoms in total. The van der Waals surface area contributed by atoms with Crippen molar-refractivity contribution in [2.24, 2.45) is 23.7 Å². The first kappa shape index (κ1) is 79.9. The molecular formula is C74H144N2O6.